The molecule has 2 saturated carbocycles. The fraction of sp³-hybridized carbons (Fsp3) is 1.00. The van der Waals surface area contributed by atoms with Crippen LogP contribution >= 0.6 is 0 Å². The summed E-state index contributed by atoms with van der Waals surface area (Å²) >= 11 is 0. The van der Waals surface area contributed by atoms with E-state index in [1.54, 1.807) is 0 Å². The average Bonchev–Trinajstić information content (AvgIpc) is 2.96. The Kier molecular flexibility index (Phi) is 5.00. The first kappa shape index (κ1) is 14.8. The first-order chi connectivity index (χ1) is 9.83. The molecular formula is C17H32N2O. The third-order valence-electron chi connectivity index (χ3n) is 5.92. The molecule has 0 amide bonds. The average molecular weight is 280 g/mol. The Morgan fingerprint density at radius 2 is 2.00 bits per heavy atom. The smallest absolute Gasteiger partial charge is 0.0731 e. The summed E-state index contributed by atoms with van der Waals surface area (Å²) in [7, 11) is 0. The zero-order valence-electron chi connectivity index (χ0n) is 13.3. The maximum Gasteiger partial charge on any atom is 0.0731 e. The van der Waals surface area contributed by atoms with Crippen LogP contribution in [0.1, 0.15) is 58.8 Å². The van der Waals surface area contributed by atoms with Crippen LogP contribution in [0.25, 0.3) is 0 Å². The topological polar surface area (TPSA) is 24.5 Å². The summed E-state index contributed by atoms with van der Waals surface area (Å²) in [5.41, 5.74) is 0. The van der Waals surface area contributed by atoms with Crippen LogP contribution in [0.4, 0.5) is 0 Å². The second-order valence-corrected chi connectivity index (χ2v) is 6.96. The van der Waals surface area contributed by atoms with Gasteiger partial charge in [0.15, 0.2) is 0 Å². The molecule has 20 heavy (non-hydrogen) atoms. The van der Waals surface area contributed by atoms with Crippen LogP contribution in [0.2, 0.25) is 0 Å². The Balaban J connectivity index is 1.72. The van der Waals surface area contributed by atoms with E-state index in [2.05, 4.69) is 24.1 Å². The van der Waals surface area contributed by atoms with E-state index in [0.29, 0.717) is 18.2 Å². The van der Waals surface area contributed by atoms with Gasteiger partial charge in [-0.1, -0.05) is 20.3 Å². The lowest BCUT2D eigenvalue weighted by atomic mass is 9.79. The van der Waals surface area contributed by atoms with Gasteiger partial charge in [-0.05, 0) is 51.0 Å². The van der Waals surface area contributed by atoms with E-state index >= 15 is 0 Å². The quantitative estimate of drug-likeness (QED) is 0.857. The van der Waals surface area contributed by atoms with Crippen LogP contribution < -0.4 is 5.32 Å². The van der Waals surface area contributed by atoms with Crippen molar-refractivity contribution in [2.24, 2.45) is 5.92 Å². The minimum atomic E-state index is 0.535. The summed E-state index contributed by atoms with van der Waals surface area (Å²) < 4.78 is 6.01. The molecule has 2 aliphatic carbocycles. The van der Waals surface area contributed by atoms with Gasteiger partial charge < -0.3 is 10.1 Å². The van der Waals surface area contributed by atoms with Crippen LogP contribution in [-0.2, 0) is 4.74 Å². The molecule has 0 aromatic rings. The van der Waals surface area contributed by atoms with Crippen molar-refractivity contribution >= 4 is 0 Å². The molecule has 1 heterocycles. The summed E-state index contributed by atoms with van der Waals surface area (Å²) in [6, 6.07) is 2.18. The lowest BCUT2D eigenvalue weighted by Crippen LogP contribution is -2.60. The molecule has 1 N–H and O–H groups in total. The fourth-order valence-electron chi connectivity index (χ4n) is 4.84. The Bertz CT molecular complexity index is 309. The summed E-state index contributed by atoms with van der Waals surface area (Å²) in [4.78, 5) is 2.84. The third kappa shape index (κ3) is 2.90. The van der Waals surface area contributed by atoms with Gasteiger partial charge in [0.25, 0.3) is 0 Å². The highest BCUT2D eigenvalue weighted by molar-refractivity contribution is 4.98. The second-order valence-electron chi connectivity index (χ2n) is 6.96. The van der Waals surface area contributed by atoms with Gasteiger partial charge in [-0.3, -0.25) is 4.90 Å². The van der Waals surface area contributed by atoms with E-state index in [1.807, 2.05) is 0 Å². The van der Waals surface area contributed by atoms with Crippen molar-refractivity contribution < 1.29 is 4.74 Å². The minimum absolute atomic E-state index is 0.535. The Morgan fingerprint density at radius 1 is 1.10 bits per heavy atom. The second kappa shape index (κ2) is 6.76. The van der Waals surface area contributed by atoms with Crippen molar-refractivity contribution in [1.82, 2.24) is 10.2 Å². The first-order valence-electron chi connectivity index (χ1n) is 8.94. The predicted molar refractivity (Wildman–Crippen MR) is 83.0 cm³/mol. The van der Waals surface area contributed by atoms with Crippen molar-refractivity contribution in [3.8, 4) is 0 Å². The molecule has 3 nitrogen and oxygen atoms in total. The van der Waals surface area contributed by atoms with Crippen molar-refractivity contribution in [3.63, 3.8) is 0 Å². The minimum Gasteiger partial charge on any atom is -0.375 e. The molecule has 3 rings (SSSR count). The molecule has 3 aliphatic rings. The van der Waals surface area contributed by atoms with Crippen LogP contribution in [0, 0.1) is 5.92 Å². The van der Waals surface area contributed by atoms with Gasteiger partial charge in [0.2, 0.25) is 0 Å². The largest absolute Gasteiger partial charge is 0.375 e. The van der Waals surface area contributed by atoms with Gasteiger partial charge in [-0.15, -0.1) is 0 Å². The molecular weight excluding hydrogens is 248 g/mol. The van der Waals surface area contributed by atoms with E-state index in [9.17, 15) is 0 Å². The van der Waals surface area contributed by atoms with Crippen molar-refractivity contribution in [1.29, 1.82) is 0 Å². The maximum absolute atomic E-state index is 6.01. The number of fused-ring (bicyclic) bond motifs is 1. The SMILES string of the molecule is CCNC1CCC(CC)CC1N1CCOC2CCCC21. The van der Waals surface area contributed by atoms with Gasteiger partial charge in [-0.25, -0.2) is 0 Å². The molecule has 1 aliphatic heterocycles. The molecule has 1 saturated heterocycles. The molecule has 0 spiro atoms. The van der Waals surface area contributed by atoms with E-state index in [4.69, 9.17) is 4.74 Å². The molecule has 0 aromatic heterocycles. The number of rotatable bonds is 4. The van der Waals surface area contributed by atoms with E-state index in [0.717, 1.165) is 31.7 Å². The summed E-state index contributed by atoms with van der Waals surface area (Å²) in [5.74, 6) is 0.942. The number of nitrogens with one attached hydrogen (secondary N) is 1. The summed E-state index contributed by atoms with van der Waals surface area (Å²) in [6.07, 6.45) is 10.1. The van der Waals surface area contributed by atoms with Gasteiger partial charge >= 0.3 is 0 Å². The fourth-order valence-corrected chi connectivity index (χ4v) is 4.84. The van der Waals surface area contributed by atoms with Gasteiger partial charge in [0, 0.05) is 24.7 Å². The van der Waals surface area contributed by atoms with E-state index < -0.39 is 0 Å². The number of morpholine rings is 1. The standard InChI is InChI=1S/C17H32N2O/c1-3-13-8-9-14(18-4-2)16(12-13)19-10-11-20-17-7-5-6-15(17)19/h13-18H,3-12H2,1-2H3. The predicted octanol–water partition coefficient (Wildman–Crippen LogP) is 2.80. The summed E-state index contributed by atoms with van der Waals surface area (Å²) in [5, 5.41) is 3.77. The molecule has 5 atom stereocenters. The highest BCUT2D eigenvalue weighted by Gasteiger charge is 2.42. The van der Waals surface area contributed by atoms with Gasteiger partial charge in [-0.2, -0.15) is 0 Å². The highest BCUT2D eigenvalue weighted by Crippen LogP contribution is 2.37. The monoisotopic (exact) mass is 280 g/mol. The van der Waals surface area contributed by atoms with Gasteiger partial charge in [0.1, 0.15) is 0 Å². The molecule has 0 radical (unpaired) electrons. The van der Waals surface area contributed by atoms with E-state index in [-0.39, 0.29) is 0 Å². The van der Waals surface area contributed by atoms with Crippen molar-refractivity contribution in [3.05, 3.63) is 0 Å². The molecule has 0 aromatic carbocycles. The number of hydrogen-bond acceptors (Lipinski definition) is 3. The summed E-state index contributed by atoms with van der Waals surface area (Å²) in [6.45, 7) is 7.83. The van der Waals surface area contributed by atoms with Crippen LogP contribution in [0.15, 0.2) is 0 Å². The molecule has 116 valence electrons. The lowest BCUT2D eigenvalue weighted by Gasteiger charge is -2.48. The third-order valence-corrected chi connectivity index (χ3v) is 5.92. The lowest BCUT2D eigenvalue weighted by molar-refractivity contribution is -0.0849. The molecule has 5 unspecified atom stereocenters. The number of likely N-dealkylation sites (N-methyl/N-ethyl adjacent to an activating group) is 1. The van der Waals surface area contributed by atoms with Crippen LogP contribution in [-0.4, -0.2) is 48.8 Å². The molecule has 0 bridgehead atoms. The van der Waals surface area contributed by atoms with E-state index in [1.165, 1.54) is 44.9 Å². The molecule has 3 heteroatoms. The van der Waals surface area contributed by atoms with Crippen molar-refractivity contribution in [2.45, 2.75) is 83.0 Å². The highest BCUT2D eigenvalue weighted by atomic mass is 16.5. The zero-order chi connectivity index (χ0) is 13.9. The number of nitrogens with zero attached hydrogens (tertiary/aromatic N) is 1. The first-order valence-corrected chi connectivity index (χ1v) is 8.94. The molecule has 3 fully saturated rings. The van der Waals surface area contributed by atoms with Crippen LogP contribution in [0.5, 0.6) is 0 Å². The van der Waals surface area contributed by atoms with Gasteiger partial charge in [0.05, 0.1) is 12.7 Å². The number of hydrogen-bond donors (Lipinski definition) is 1. The van der Waals surface area contributed by atoms with Crippen molar-refractivity contribution in [2.75, 3.05) is 19.7 Å². The normalized spacial score (nSPS) is 42.6. The zero-order valence-corrected chi connectivity index (χ0v) is 13.3. The maximum atomic E-state index is 6.01. The Morgan fingerprint density at radius 3 is 2.80 bits per heavy atom. The Labute approximate surface area is 124 Å². The number of ether oxygens (including phenoxy) is 1. The Hall–Kier alpha value is -0.120. The van der Waals surface area contributed by atoms with Crippen LogP contribution in [0.3, 0.4) is 0 Å².